The van der Waals surface area contributed by atoms with Gasteiger partial charge in [0.25, 0.3) is 0 Å². The number of nitrogens with one attached hydrogen (secondary N) is 1. The first-order valence-electron chi connectivity index (χ1n) is 5.53. The minimum absolute atomic E-state index is 0.756. The van der Waals surface area contributed by atoms with Crippen LogP contribution in [-0.2, 0) is 0 Å². The normalized spacial score (nSPS) is 31.2. The molecule has 0 bridgehead atoms. The molecule has 0 radical (unpaired) electrons. The highest BCUT2D eigenvalue weighted by Gasteiger charge is 2.28. The summed E-state index contributed by atoms with van der Waals surface area (Å²) in [5.74, 6) is 0.796. The largest absolute Gasteiger partial charge is 0.318 e. The Hall–Kier alpha value is -0.0800. The Kier molecular flexibility index (Phi) is 4.20. The maximum absolute atomic E-state index is 3.29. The van der Waals surface area contributed by atoms with Crippen LogP contribution < -0.4 is 5.32 Å². The van der Waals surface area contributed by atoms with Gasteiger partial charge >= 0.3 is 0 Å². The van der Waals surface area contributed by atoms with E-state index in [2.05, 4.69) is 31.1 Å². The van der Waals surface area contributed by atoms with E-state index in [0.29, 0.717) is 0 Å². The van der Waals surface area contributed by atoms with Crippen LogP contribution in [0.25, 0.3) is 0 Å². The molecule has 1 aliphatic heterocycles. The smallest absolute Gasteiger partial charge is 0.0220 e. The fourth-order valence-corrected chi connectivity index (χ4v) is 2.53. The Morgan fingerprint density at radius 3 is 2.62 bits per heavy atom. The molecule has 2 heteroatoms. The molecule has 1 rings (SSSR count). The van der Waals surface area contributed by atoms with Gasteiger partial charge in [-0.25, -0.2) is 0 Å². The van der Waals surface area contributed by atoms with Crippen LogP contribution in [-0.4, -0.2) is 37.6 Å². The zero-order valence-electron chi connectivity index (χ0n) is 9.51. The highest BCUT2D eigenvalue weighted by Crippen LogP contribution is 2.25. The molecule has 2 atom stereocenters. The average molecular weight is 184 g/mol. The molecule has 13 heavy (non-hydrogen) atoms. The van der Waals surface area contributed by atoms with Gasteiger partial charge < -0.3 is 5.32 Å². The van der Waals surface area contributed by atoms with Crippen molar-refractivity contribution in [2.45, 2.75) is 45.2 Å². The Balaban J connectivity index is 2.49. The minimum Gasteiger partial charge on any atom is -0.318 e. The van der Waals surface area contributed by atoms with E-state index < -0.39 is 0 Å². The van der Waals surface area contributed by atoms with Crippen molar-refractivity contribution in [3.8, 4) is 0 Å². The second-order valence-electron chi connectivity index (χ2n) is 4.62. The maximum Gasteiger partial charge on any atom is 0.0220 e. The summed E-state index contributed by atoms with van der Waals surface area (Å²) in [6, 6.07) is 1.55. The summed E-state index contributed by atoms with van der Waals surface area (Å²) in [4.78, 5) is 2.57. The monoisotopic (exact) mass is 184 g/mol. The predicted octanol–water partition coefficient (Wildman–Crippen LogP) is 1.71. The SMILES string of the molecule is CNCC1CCCC(C(C)C)N1C. The Morgan fingerprint density at radius 1 is 1.38 bits per heavy atom. The van der Waals surface area contributed by atoms with E-state index in [0.717, 1.165) is 24.5 Å². The van der Waals surface area contributed by atoms with Gasteiger partial charge in [-0.2, -0.15) is 0 Å². The summed E-state index contributed by atoms with van der Waals surface area (Å²) in [7, 11) is 4.33. The van der Waals surface area contributed by atoms with E-state index in [-0.39, 0.29) is 0 Å². The molecule has 0 aromatic carbocycles. The van der Waals surface area contributed by atoms with Crippen molar-refractivity contribution in [3.63, 3.8) is 0 Å². The van der Waals surface area contributed by atoms with Crippen LogP contribution in [0, 0.1) is 5.92 Å². The van der Waals surface area contributed by atoms with E-state index in [1.165, 1.54) is 19.3 Å². The number of piperidine rings is 1. The number of likely N-dealkylation sites (N-methyl/N-ethyl adjacent to an activating group) is 2. The lowest BCUT2D eigenvalue weighted by Crippen LogP contribution is -2.49. The van der Waals surface area contributed by atoms with Crippen molar-refractivity contribution >= 4 is 0 Å². The molecule has 2 nitrogen and oxygen atoms in total. The lowest BCUT2D eigenvalue weighted by molar-refractivity contribution is 0.0844. The van der Waals surface area contributed by atoms with Gasteiger partial charge in [0.05, 0.1) is 0 Å². The van der Waals surface area contributed by atoms with Gasteiger partial charge in [0.2, 0.25) is 0 Å². The Labute approximate surface area is 82.7 Å². The summed E-state index contributed by atoms with van der Waals surface area (Å²) >= 11 is 0. The molecule has 1 N–H and O–H groups in total. The fraction of sp³-hybridized carbons (Fsp3) is 1.00. The summed E-state index contributed by atoms with van der Waals surface area (Å²) in [5, 5.41) is 3.29. The van der Waals surface area contributed by atoms with Crippen LogP contribution in [0.15, 0.2) is 0 Å². The number of rotatable bonds is 3. The average Bonchev–Trinajstić information content (AvgIpc) is 2.08. The maximum atomic E-state index is 3.29. The van der Waals surface area contributed by atoms with E-state index in [1.54, 1.807) is 0 Å². The van der Waals surface area contributed by atoms with E-state index in [4.69, 9.17) is 0 Å². The molecule has 0 aromatic rings. The van der Waals surface area contributed by atoms with Gasteiger partial charge in [-0.15, -0.1) is 0 Å². The number of hydrogen-bond acceptors (Lipinski definition) is 2. The molecule has 0 spiro atoms. The van der Waals surface area contributed by atoms with Gasteiger partial charge in [-0.1, -0.05) is 20.3 Å². The van der Waals surface area contributed by atoms with Crippen LogP contribution in [0.4, 0.5) is 0 Å². The molecule has 1 fully saturated rings. The summed E-state index contributed by atoms with van der Waals surface area (Å²) in [6.45, 7) is 5.81. The van der Waals surface area contributed by atoms with E-state index >= 15 is 0 Å². The zero-order chi connectivity index (χ0) is 9.84. The second kappa shape index (κ2) is 4.97. The Bertz CT molecular complexity index is 143. The van der Waals surface area contributed by atoms with Gasteiger partial charge in [-0.3, -0.25) is 4.90 Å². The highest BCUT2D eigenvalue weighted by atomic mass is 15.2. The van der Waals surface area contributed by atoms with Gasteiger partial charge in [0.1, 0.15) is 0 Å². The molecule has 1 saturated heterocycles. The van der Waals surface area contributed by atoms with Crippen LogP contribution in [0.2, 0.25) is 0 Å². The quantitative estimate of drug-likeness (QED) is 0.718. The van der Waals surface area contributed by atoms with Gasteiger partial charge in [0.15, 0.2) is 0 Å². The fourth-order valence-electron chi connectivity index (χ4n) is 2.53. The third-order valence-corrected chi connectivity index (χ3v) is 3.35. The van der Waals surface area contributed by atoms with Gasteiger partial charge in [-0.05, 0) is 32.9 Å². The van der Waals surface area contributed by atoms with Crippen molar-refractivity contribution in [1.29, 1.82) is 0 Å². The topological polar surface area (TPSA) is 15.3 Å². The first-order chi connectivity index (χ1) is 6.16. The van der Waals surface area contributed by atoms with Gasteiger partial charge in [0, 0.05) is 18.6 Å². The van der Waals surface area contributed by atoms with E-state index in [1.807, 2.05) is 7.05 Å². The number of likely N-dealkylation sites (tertiary alicyclic amines) is 1. The highest BCUT2D eigenvalue weighted by molar-refractivity contribution is 4.84. The predicted molar refractivity (Wildman–Crippen MR) is 58.0 cm³/mol. The number of nitrogens with zero attached hydrogens (tertiary/aromatic N) is 1. The van der Waals surface area contributed by atoms with Crippen LogP contribution in [0.5, 0.6) is 0 Å². The molecule has 0 aliphatic carbocycles. The zero-order valence-corrected chi connectivity index (χ0v) is 9.51. The third-order valence-electron chi connectivity index (χ3n) is 3.35. The third kappa shape index (κ3) is 2.68. The standard InChI is InChI=1S/C11H24N2/c1-9(2)11-7-5-6-10(8-12-3)13(11)4/h9-12H,5-8H2,1-4H3. The van der Waals surface area contributed by atoms with Crippen molar-refractivity contribution in [2.24, 2.45) is 5.92 Å². The Morgan fingerprint density at radius 2 is 2.08 bits per heavy atom. The molecule has 0 amide bonds. The van der Waals surface area contributed by atoms with Crippen molar-refractivity contribution in [2.75, 3.05) is 20.6 Å². The first kappa shape index (κ1) is 11.0. The molecule has 0 aromatic heterocycles. The molecule has 2 unspecified atom stereocenters. The molecule has 78 valence electrons. The molecular weight excluding hydrogens is 160 g/mol. The van der Waals surface area contributed by atoms with Crippen LogP contribution in [0.1, 0.15) is 33.1 Å². The number of hydrogen-bond donors (Lipinski definition) is 1. The molecule has 1 aliphatic rings. The molecular formula is C11H24N2. The lowest BCUT2D eigenvalue weighted by atomic mass is 9.89. The first-order valence-corrected chi connectivity index (χ1v) is 5.53. The van der Waals surface area contributed by atoms with Crippen molar-refractivity contribution in [3.05, 3.63) is 0 Å². The van der Waals surface area contributed by atoms with Crippen molar-refractivity contribution < 1.29 is 0 Å². The summed E-state index contributed by atoms with van der Waals surface area (Å²) < 4.78 is 0. The molecule has 1 heterocycles. The summed E-state index contributed by atoms with van der Waals surface area (Å²) in [5.41, 5.74) is 0. The minimum atomic E-state index is 0.756. The summed E-state index contributed by atoms with van der Waals surface area (Å²) in [6.07, 6.45) is 4.15. The van der Waals surface area contributed by atoms with Crippen LogP contribution >= 0.6 is 0 Å². The van der Waals surface area contributed by atoms with Crippen LogP contribution in [0.3, 0.4) is 0 Å². The van der Waals surface area contributed by atoms with Crippen molar-refractivity contribution in [1.82, 2.24) is 10.2 Å². The second-order valence-corrected chi connectivity index (χ2v) is 4.62. The van der Waals surface area contributed by atoms with E-state index in [9.17, 15) is 0 Å². The molecule has 0 saturated carbocycles. The lowest BCUT2D eigenvalue weighted by Gasteiger charge is -2.41.